The normalized spacial score (nSPS) is 16.1. The first-order valence-electron chi connectivity index (χ1n) is 10.3. The van der Waals surface area contributed by atoms with Crippen LogP contribution in [0.4, 0.5) is 4.39 Å². The molecular formula is C23H25Cl2FN2O3. The van der Waals surface area contributed by atoms with E-state index in [9.17, 15) is 14.0 Å². The van der Waals surface area contributed by atoms with Gasteiger partial charge >= 0.3 is 0 Å². The summed E-state index contributed by atoms with van der Waals surface area (Å²) in [5.74, 6) is -0.0783. The highest BCUT2D eigenvalue weighted by Crippen LogP contribution is 2.25. The summed E-state index contributed by atoms with van der Waals surface area (Å²) in [6, 6.07) is 10.7. The van der Waals surface area contributed by atoms with Gasteiger partial charge in [-0.3, -0.25) is 9.59 Å². The summed E-state index contributed by atoms with van der Waals surface area (Å²) in [6.45, 7) is 2.04. The largest absolute Gasteiger partial charge is 0.494 e. The van der Waals surface area contributed by atoms with Crippen molar-refractivity contribution >= 4 is 35.0 Å². The minimum Gasteiger partial charge on any atom is -0.494 e. The van der Waals surface area contributed by atoms with Crippen molar-refractivity contribution in [2.24, 2.45) is 5.92 Å². The van der Waals surface area contributed by atoms with Gasteiger partial charge in [-0.1, -0.05) is 23.2 Å². The molecule has 2 aromatic carbocycles. The van der Waals surface area contributed by atoms with Crippen LogP contribution in [-0.2, 0) is 4.79 Å². The smallest absolute Gasteiger partial charge is 0.253 e. The number of halogens is 3. The number of rotatable bonds is 8. The Kier molecular flexibility index (Phi) is 8.55. The van der Waals surface area contributed by atoms with Crippen LogP contribution >= 0.6 is 23.2 Å². The molecule has 31 heavy (non-hydrogen) atoms. The van der Waals surface area contributed by atoms with Crippen molar-refractivity contribution in [1.82, 2.24) is 10.2 Å². The highest BCUT2D eigenvalue weighted by Gasteiger charge is 2.28. The molecule has 1 fully saturated rings. The molecule has 8 heteroatoms. The molecule has 0 aromatic heterocycles. The Hall–Kier alpha value is -2.31. The molecule has 1 aliphatic heterocycles. The SMILES string of the molecule is O=C(NCCCCOc1ccc(F)cc1)C1CCCN(C(=O)c2ccc(Cl)c(Cl)c2)C1. The molecule has 3 rings (SSSR count). The highest BCUT2D eigenvalue weighted by atomic mass is 35.5. The van der Waals surface area contributed by atoms with Crippen molar-refractivity contribution in [3.8, 4) is 5.75 Å². The maximum Gasteiger partial charge on any atom is 0.253 e. The van der Waals surface area contributed by atoms with Gasteiger partial charge < -0.3 is 15.0 Å². The van der Waals surface area contributed by atoms with Crippen LogP contribution in [0, 0.1) is 11.7 Å². The van der Waals surface area contributed by atoms with Crippen molar-refractivity contribution in [3.63, 3.8) is 0 Å². The Bertz CT molecular complexity index is 908. The van der Waals surface area contributed by atoms with Crippen molar-refractivity contribution in [2.45, 2.75) is 25.7 Å². The van der Waals surface area contributed by atoms with Crippen molar-refractivity contribution in [3.05, 3.63) is 63.9 Å². The number of nitrogens with zero attached hydrogens (tertiary/aromatic N) is 1. The highest BCUT2D eigenvalue weighted by molar-refractivity contribution is 6.42. The van der Waals surface area contributed by atoms with Crippen LogP contribution in [0.5, 0.6) is 5.75 Å². The van der Waals surface area contributed by atoms with Gasteiger partial charge in [0.15, 0.2) is 0 Å². The second-order valence-electron chi connectivity index (χ2n) is 7.52. The topological polar surface area (TPSA) is 58.6 Å². The van der Waals surface area contributed by atoms with Gasteiger partial charge in [0.2, 0.25) is 5.91 Å². The average Bonchev–Trinajstić information content (AvgIpc) is 2.78. The van der Waals surface area contributed by atoms with E-state index in [1.165, 1.54) is 12.1 Å². The Balaban J connectivity index is 1.38. The van der Waals surface area contributed by atoms with E-state index in [-0.39, 0.29) is 23.5 Å². The maximum absolute atomic E-state index is 12.9. The lowest BCUT2D eigenvalue weighted by atomic mass is 9.96. The summed E-state index contributed by atoms with van der Waals surface area (Å²) in [5, 5.41) is 3.69. The number of benzene rings is 2. The number of piperidine rings is 1. The second-order valence-corrected chi connectivity index (χ2v) is 8.33. The zero-order valence-electron chi connectivity index (χ0n) is 17.1. The molecule has 1 N–H and O–H groups in total. The van der Waals surface area contributed by atoms with E-state index in [0.717, 1.165) is 25.7 Å². The van der Waals surface area contributed by atoms with Crippen LogP contribution < -0.4 is 10.1 Å². The van der Waals surface area contributed by atoms with Crippen LogP contribution in [0.25, 0.3) is 0 Å². The van der Waals surface area contributed by atoms with E-state index < -0.39 is 0 Å². The lowest BCUT2D eigenvalue weighted by Crippen LogP contribution is -2.45. The van der Waals surface area contributed by atoms with Gasteiger partial charge in [0.25, 0.3) is 5.91 Å². The molecule has 0 saturated carbocycles. The van der Waals surface area contributed by atoms with Crippen LogP contribution in [0.1, 0.15) is 36.0 Å². The summed E-state index contributed by atoms with van der Waals surface area (Å²) < 4.78 is 18.4. The fourth-order valence-corrected chi connectivity index (χ4v) is 3.79. The van der Waals surface area contributed by atoms with Crippen molar-refractivity contribution in [2.75, 3.05) is 26.2 Å². The second kappa shape index (κ2) is 11.3. The molecule has 5 nitrogen and oxygen atoms in total. The van der Waals surface area contributed by atoms with Gasteiger partial charge in [-0.15, -0.1) is 0 Å². The molecule has 1 atom stereocenters. The molecule has 0 aliphatic carbocycles. The van der Waals surface area contributed by atoms with Gasteiger partial charge in [-0.25, -0.2) is 4.39 Å². The van der Waals surface area contributed by atoms with Gasteiger partial charge in [0.1, 0.15) is 11.6 Å². The Morgan fingerprint density at radius 1 is 1.10 bits per heavy atom. The first-order valence-corrected chi connectivity index (χ1v) is 11.1. The third kappa shape index (κ3) is 6.84. The Labute approximate surface area is 191 Å². The molecule has 166 valence electrons. The van der Waals surface area contributed by atoms with E-state index in [0.29, 0.717) is 47.6 Å². The molecule has 2 aromatic rings. The standard InChI is InChI=1S/C23H25Cl2FN2O3/c24-20-10-5-16(14-21(20)25)23(30)28-12-3-4-17(15-28)22(29)27-11-1-2-13-31-19-8-6-18(26)7-9-19/h5-10,14,17H,1-4,11-13,15H2,(H,27,29). The molecule has 0 radical (unpaired) electrons. The molecule has 1 saturated heterocycles. The van der Waals surface area contributed by atoms with Crippen LogP contribution in [0.3, 0.4) is 0 Å². The van der Waals surface area contributed by atoms with Crippen LogP contribution in [0.2, 0.25) is 10.0 Å². The fraction of sp³-hybridized carbons (Fsp3) is 0.391. The molecule has 1 unspecified atom stereocenters. The van der Waals surface area contributed by atoms with Gasteiger partial charge in [-0.05, 0) is 68.1 Å². The molecule has 0 bridgehead atoms. The number of carbonyl (C=O) groups is 2. The molecule has 0 spiro atoms. The van der Waals surface area contributed by atoms with E-state index in [1.807, 2.05) is 0 Å². The van der Waals surface area contributed by atoms with E-state index in [2.05, 4.69) is 5.32 Å². The third-order valence-electron chi connectivity index (χ3n) is 5.20. The lowest BCUT2D eigenvalue weighted by molar-refractivity contribution is -0.126. The van der Waals surface area contributed by atoms with E-state index in [1.54, 1.807) is 35.2 Å². The number of unbranched alkanes of at least 4 members (excludes halogenated alkanes) is 1. The van der Waals surface area contributed by atoms with Gasteiger partial charge in [-0.2, -0.15) is 0 Å². The van der Waals surface area contributed by atoms with Crippen molar-refractivity contribution < 1.29 is 18.7 Å². The summed E-state index contributed by atoms with van der Waals surface area (Å²) in [5.41, 5.74) is 0.469. The Morgan fingerprint density at radius 3 is 2.61 bits per heavy atom. The molecule has 1 heterocycles. The number of hydrogen-bond acceptors (Lipinski definition) is 3. The number of ether oxygens (including phenoxy) is 1. The van der Waals surface area contributed by atoms with Gasteiger partial charge in [0, 0.05) is 25.2 Å². The Morgan fingerprint density at radius 2 is 1.87 bits per heavy atom. The number of likely N-dealkylation sites (tertiary alicyclic amines) is 1. The third-order valence-corrected chi connectivity index (χ3v) is 5.94. The average molecular weight is 467 g/mol. The number of carbonyl (C=O) groups excluding carboxylic acids is 2. The first-order chi connectivity index (χ1) is 14.9. The summed E-state index contributed by atoms with van der Waals surface area (Å²) in [7, 11) is 0. The lowest BCUT2D eigenvalue weighted by Gasteiger charge is -2.32. The summed E-state index contributed by atoms with van der Waals surface area (Å²) in [4.78, 5) is 27.0. The van der Waals surface area contributed by atoms with Gasteiger partial charge in [0.05, 0.1) is 22.6 Å². The minimum absolute atomic E-state index is 0.0360. The summed E-state index contributed by atoms with van der Waals surface area (Å²) >= 11 is 11.9. The fourth-order valence-electron chi connectivity index (χ4n) is 3.49. The van der Waals surface area contributed by atoms with Crippen LogP contribution in [0.15, 0.2) is 42.5 Å². The van der Waals surface area contributed by atoms with Crippen LogP contribution in [-0.4, -0.2) is 43.0 Å². The van der Waals surface area contributed by atoms with E-state index in [4.69, 9.17) is 27.9 Å². The predicted octanol–water partition coefficient (Wildman–Crippen LogP) is 4.96. The predicted molar refractivity (Wildman–Crippen MR) is 119 cm³/mol. The number of nitrogens with one attached hydrogen (secondary N) is 1. The van der Waals surface area contributed by atoms with Crippen molar-refractivity contribution in [1.29, 1.82) is 0 Å². The molecule has 2 amide bonds. The summed E-state index contributed by atoms with van der Waals surface area (Å²) in [6.07, 6.45) is 3.07. The zero-order valence-corrected chi connectivity index (χ0v) is 18.6. The first kappa shape index (κ1) is 23.4. The zero-order chi connectivity index (χ0) is 22.2. The minimum atomic E-state index is -0.296. The quantitative estimate of drug-likeness (QED) is 0.559. The number of hydrogen-bond donors (Lipinski definition) is 1. The van der Waals surface area contributed by atoms with E-state index >= 15 is 0 Å². The molecular weight excluding hydrogens is 442 g/mol. The monoisotopic (exact) mass is 466 g/mol. The maximum atomic E-state index is 12.9. The molecule has 1 aliphatic rings. The number of amides is 2.